The molecular weight excluding hydrogens is 120 g/mol. The molecule has 0 heterocycles. The van der Waals surface area contributed by atoms with Gasteiger partial charge in [-0.2, -0.15) is 0 Å². The minimum Gasteiger partial charge on any atom is -0.374 e. The van der Waals surface area contributed by atoms with E-state index in [1.807, 2.05) is 0 Å². The molecule has 0 radical (unpaired) electrons. The highest BCUT2D eigenvalue weighted by Gasteiger charge is 2.10. The summed E-state index contributed by atoms with van der Waals surface area (Å²) in [6.07, 6.45) is -0.785. The van der Waals surface area contributed by atoms with Gasteiger partial charge in [0, 0.05) is 6.54 Å². The zero-order valence-electron chi connectivity index (χ0n) is 5.66. The molecule has 0 saturated carbocycles. The summed E-state index contributed by atoms with van der Waals surface area (Å²) in [5.41, 5.74) is 4.88. The molecule has 54 valence electrons. The van der Waals surface area contributed by atoms with Crippen molar-refractivity contribution in [2.45, 2.75) is 20.1 Å². The van der Waals surface area contributed by atoms with Crippen molar-refractivity contribution in [2.24, 2.45) is 5.73 Å². The average Bonchev–Trinajstić information content (AvgIpc) is 1.64. The highest BCUT2D eigenvalue weighted by Crippen LogP contribution is 1.91. The maximum Gasteiger partial charge on any atom is 0.316 e. The van der Waals surface area contributed by atoms with Gasteiger partial charge in [0.25, 0.3) is 0 Å². The Labute approximate surface area is 54.3 Å². The molecule has 0 aromatic heterocycles. The van der Waals surface area contributed by atoms with Gasteiger partial charge in [-0.3, -0.25) is 4.90 Å². The summed E-state index contributed by atoms with van der Waals surface area (Å²) in [6.45, 7) is 3.68. The SMILES string of the molecule is CCN(C(N)=O)C(C)O. The lowest BCUT2D eigenvalue weighted by atomic mass is 10.5. The van der Waals surface area contributed by atoms with Gasteiger partial charge < -0.3 is 10.8 Å². The number of carbonyl (C=O) groups is 1. The number of aliphatic hydroxyl groups excluding tert-OH is 1. The van der Waals surface area contributed by atoms with Crippen molar-refractivity contribution in [2.75, 3.05) is 6.54 Å². The summed E-state index contributed by atoms with van der Waals surface area (Å²) in [4.78, 5) is 11.5. The summed E-state index contributed by atoms with van der Waals surface area (Å²) < 4.78 is 0. The van der Waals surface area contributed by atoms with Crippen LogP contribution in [0, 0.1) is 0 Å². The standard InChI is InChI=1S/C5H12N2O2/c1-3-7(4(2)8)5(6)9/h4,8H,3H2,1-2H3,(H2,6,9). The molecule has 4 heteroatoms. The van der Waals surface area contributed by atoms with Gasteiger partial charge in [0.05, 0.1) is 0 Å². The lowest BCUT2D eigenvalue weighted by Gasteiger charge is -2.20. The molecule has 1 unspecified atom stereocenters. The van der Waals surface area contributed by atoms with Gasteiger partial charge in [0.15, 0.2) is 0 Å². The summed E-state index contributed by atoms with van der Waals surface area (Å²) in [6, 6.07) is -0.590. The molecule has 9 heavy (non-hydrogen) atoms. The third-order valence-electron chi connectivity index (χ3n) is 1.07. The van der Waals surface area contributed by atoms with Crippen LogP contribution in [0.25, 0.3) is 0 Å². The Balaban J connectivity index is 3.83. The van der Waals surface area contributed by atoms with Gasteiger partial charge in [-0.25, -0.2) is 4.79 Å². The van der Waals surface area contributed by atoms with E-state index in [-0.39, 0.29) is 0 Å². The van der Waals surface area contributed by atoms with E-state index in [9.17, 15) is 4.79 Å². The Morgan fingerprint density at radius 3 is 2.33 bits per heavy atom. The largest absolute Gasteiger partial charge is 0.374 e. The third kappa shape index (κ3) is 2.32. The number of rotatable bonds is 2. The van der Waals surface area contributed by atoms with Gasteiger partial charge in [0.1, 0.15) is 6.23 Å². The van der Waals surface area contributed by atoms with E-state index in [1.165, 1.54) is 6.92 Å². The van der Waals surface area contributed by atoms with E-state index in [4.69, 9.17) is 10.8 Å². The third-order valence-corrected chi connectivity index (χ3v) is 1.07. The molecule has 0 rings (SSSR count). The predicted octanol–water partition coefficient (Wildman–Crippen LogP) is -0.275. The predicted molar refractivity (Wildman–Crippen MR) is 33.6 cm³/mol. The molecule has 0 fully saturated rings. The first kappa shape index (κ1) is 8.23. The molecule has 0 aliphatic carbocycles. The summed E-state index contributed by atoms with van der Waals surface area (Å²) in [5, 5.41) is 8.81. The van der Waals surface area contributed by atoms with Crippen molar-refractivity contribution in [3.05, 3.63) is 0 Å². The first-order valence-electron chi connectivity index (χ1n) is 2.83. The van der Waals surface area contributed by atoms with Crippen molar-refractivity contribution in [1.82, 2.24) is 4.90 Å². The maximum absolute atomic E-state index is 10.4. The van der Waals surface area contributed by atoms with Crippen molar-refractivity contribution < 1.29 is 9.90 Å². The number of primary amides is 1. The number of hydrogen-bond donors (Lipinski definition) is 2. The van der Waals surface area contributed by atoms with E-state index in [2.05, 4.69) is 0 Å². The normalized spacial score (nSPS) is 12.8. The lowest BCUT2D eigenvalue weighted by molar-refractivity contribution is 0.0523. The van der Waals surface area contributed by atoms with Crippen molar-refractivity contribution >= 4 is 6.03 Å². The summed E-state index contributed by atoms with van der Waals surface area (Å²) in [7, 11) is 0. The molecule has 3 N–H and O–H groups in total. The smallest absolute Gasteiger partial charge is 0.316 e. The van der Waals surface area contributed by atoms with Crippen molar-refractivity contribution in [1.29, 1.82) is 0 Å². The molecule has 0 aromatic carbocycles. The van der Waals surface area contributed by atoms with Crippen LogP contribution in [0.4, 0.5) is 4.79 Å². The molecule has 0 aliphatic heterocycles. The van der Waals surface area contributed by atoms with Crippen molar-refractivity contribution in [3.8, 4) is 0 Å². The lowest BCUT2D eigenvalue weighted by Crippen LogP contribution is -2.41. The molecular formula is C5H12N2O2. The Morgan fingerprint density at radius 1 is 1.89 bits per heavy atom. The molecule has 0 aromatic rings. The number of urea groups is 1. The average molecular weight is 132 g/mol. The van der Waals surface area contributed by atoms with Gasteiger partial charge in [0.2, 0.25) is 0 Å². The highest BCUT2D eigenvalue weighted by molar-refractivity contribution is 5.72. The van der Waals surface area contributed by atoms with Crippen LogP contribution in [0.5, 0.6) is 0 Å². The van der Waals surface area contributed by atoms with Crippen LogP contribution in [-0.4, -0.2) is 28.8 Å². The summed E-state index contributed by atoms with van der Waals surface area (Å²) in [5.74, 6) is 0. The molecule has 1 atom stereocenters. The first-order chi connectivity index (χ1) is 4.09. The number of nitrogens with two attached hydrogens (primary N) is 1. The van der Waals surface area contributed by atoms with Crippen molar-refractivity contribution in [3.63, 3.8) is 0 Å². The Hall–Kier alpha value is -0.770. The van der Waals surface area contributed by atoms with Gasteiger partial charge in [-0.05, 0) is 13.8 Å². The van der Waals surface area contributed by atoms with Crippen LogP contribution in [0.3, 0.4) is 0 Å². The van der Waals surface area contributed by atoms with Crippen LogP contribution in [-0.2, 0) is 0 Å². The van der Waals surface area contributed by atoms with Crippen LogP contribution in [0.1, 0.15) is 13.8 Å². The molecule has 4 nitrogen and oxygen atoms in total. The molecule has 0 bridgehead atoms. The molecule has 0 aliphatic rings. The molecule has 2 amide bonds. The number of aliphatic hydroxyl groups is 1. The molecule has 0 spiro atoms. The van der Waals surface area contributed by atoms with E-state index in [0.717, 1.165) is 4.90 Å². The van der Waals surface area contributed by atoms with Crippen LogP contribution >= 0.6 is 0 Å². The monoisotopic (exact) mass is 132 g/mol. The first-order valence-corrected chi connectivity index (χ1v) is 2.83. The Morgan fingerprint density at radius 2 is 2.33 bits per heavy atom. The zero-order chi connectivity index (χ0) is 7.44. The number of carbonyl (C=O) groups excluding carboxylic acids is 1. The quantitative estimate of drug-likeness (QED) is 0.508. The second-order valence-corrected chi connectivity index (χ2v) is 1.76. The van der Waals surface area contributed by atoms with E-state index in [1.54, 1.807) is 6.92 Å². The van der Waals surface area contributed by atoms with Gasteiger partial charge >= 0.3 is 6.03 Å². The maximum atomic E-state index is 10.4. The molecule has 0 saturated heterocycles. The van der Waals surface area contributed by atoms with E-state index in [0.29, 0.717) is 6.54 Å². The van der Waals surface area contributed by atoms with E-state index < -0.39 is 12.3 Å². The number of amides is 2. The second-order valence-electron chi connectivity index (χ2n) is 1.76. The topological polar surface area (TPSA) is 66.6 Å². The minimum atomic E-state index is -0.785. The summed E-state index contributed by atoms with van der Waals surface area (Å²) >= 11 is 0. The fraction of sp³-hybridized carbons (Fsp3) is 0.800. The van der Waals surface area contributed by atoms with Gasteiger partial charge in [-0.15, -0.1) is 0 Å². The Bertz CT molecular complexity index is 103. The van der Waals surface area contributed by atoms with Crippen LogP contribution in [0.15, 0.2) is 0 Å². The number of nitrogens with zero attached hydrogens (tertiary/aromatic N) is 1. The number of hydrogen-bond acceptors (Lipinski definition) is 2. The van der Waals surface area contributed by atoms with Gasteiger partial charge in [-0.1, -0.05) is 0 Å². The highest BCUT2D eigenvalue weighted by atomic mass is 16.3. The Kier molecular flexibility index (Phi) is 3.01. The van der Waals surface area contributed by atoms with Crippen LogP contribution < -0.4 is 5.73 Å². The fourth-order valence-corrected chi connectivity index (χ4v) is 0.604. The fourth-order valence-electron chi connectivity index (χ4n) is 0.604. The van der Waals surface area contributed by atoms with E-state index >= 15 is 0 Å². The minimum absolute atomic E-state index is 0.438. The second kappa shape index (κ2) is 3.29. The zero-order valence-corrected chi connectivity index (χ0v) is 5.66. The van der Waals surface area contributed by atoms with Crippen LogP contribution in [0.2, 0.25) is 0 Å².